The van der Waals surface area contributed by atoms with Crippen LogP contribution in [0.15, 0.2) is 48.6 Å². The second kappa shape index (κ2) is 12.2. The molecule has 2 aromatic carbocycles. The van der Waals surface area contributed by atoms with E-state index in [1.165, 1.54) is 18.1 Å². The van der Waals surface area contributed by atoms with E-state index in [4.69, 9.17) is 22.9 Å². The van der Waals surface area contributed by atoms with E-state index in [0.717, 1.165) is 32.1 Å². The quantitative estimate of drug-likeness (QED) is 0.302. The topological polar surface area (TPSA) is 109 Å². The minimum Gasteiger partial charge on any atom is -0.490 e. The van der Waals surface area contributed by atoms with Crippen LogP contribution < -0.4 is 19.7 Å². The van der Waals surface area contributed by atoms with Crippen LogP contribution in [-0.2, 0) is 26.7 Å². The number of aryl methyl sites for hydroxylation is 1. The van der Waals surface area contributed by atoms with Crippen LogP contribution >= 0.6 is 11.6 Å². The molecule has 2 amide bonds. The van der Waals surface area contributed by atoms with Gasteiger partial charge in [-0.15, -0.1) is 0 Å². The molecule has 0 unspecified atom stereocenters. The first kappa shape index (κ1) is 32.4. The SMILES string of the molecule is [C-]#[N+][C@]1(NC(C)=O)/C=C/C[C@H](C)[C@@H](C)S(=O)(=O)NC(=O)c2ccc3c(c2)N(C[C@@H]2CC[C@H]21)C[C@@]1(CCCc2cc(Cl)ccc21)CO3. The van der Waals surface area contributed by atoms with Gasteiger partial charge >= 0.3 is 5.66 Å². The Morgan fingerprint density at radius 3 is 2.72 bits per heavy atom. The van der Waals surface area contributed by atoms with Crippen molar-refractivity contribution < 1.29 is 22.7 Å². The van der Waals surface area contributed by atoms with Gasteiger partial charge in [-0.3, -0.25) is 19.8 Å². The highest BCUT2D eigenvalue weighted by Gasteiger charge is 2.54. The maximum absolute atomic E-state index is 13.4. The molecule has 2 bridgehead atoms. The van der Waals surface area contributed by atoms with Gasteiger partial charge in [0.1, 0.15) is 5.75 Å². The van der Waals surface area contributed by atoms with Gasteiger partial charge in [-0.2, -0.15) is 0 Å². The Hall–Kier alpha value is -3.55. The third kappa shape index (κ3) is 5.88. The van der Waals surface area contributed by atoms with Crippen LogP contribution in [-0.4, -0.2) is 50.8 Å². The van der Waals surface area contributed by atoms with Crippen molar-refractivity contribution in [3.8, 4) is 5.75 Å². The molecule has 9 nitrogen and oxygen atoms in total. The summed E-state index contributed by atoms with van der Waals surface area (Å²) in [5.74, 6) is -0.782. The molecule has 1 saturated carbocycles. The van der Waals surface area contributed by atoms with E-state index in [1.807, 2.05) is 18.2 Å². The van der Waals surface area contributed by atoms with Crippen LogP contribution in [0, 0.1) is 24.3 Å². The summed E-state index contributed by atoms with van der Waals surface area (Å²) in [6, 6.07) is 11.2. The molecule has 1 fully saturated rings. The maximum atomic E-state index is 13.4. The van der Waals surface area contributed by atoms with Crippen molar-refractivity contribution in [2.24, 2.45) is 17.8 Å². The highest BCUT2D eigenvalue weighted by Crippen LogP contribution is 2.48. The molecule has 2 aromatic rings. The van der Waals surface area contributed by atoms with Crippen molar-refractivity contribution in [3.05, 3.63) is 81.7 Å². The van der Waals surface area contributed by atoms with Gasteiger partial charge in [0.25, 0.3) is 5.91 Å². The molecular weight excluding hydrogens is 624 g/mol. The van der Waals surface area contributed by atoms with Gasteiger partial charge in [-0.1, -0.05) is 30.7 Å². The fraction of sp³-hybridized carbons (Fsp3) is 0.514. The molecule has 1 spiro atoms. The van der Waals surface area contributed by atoms with Crippen molar-refractivity contribution in [2.75, 3.05) is 24.6 Å². The number of anilines is 1. The molecule has 11 heteroatoms. The van der Waals surface area contributed by atoms with Crippen LogP contribution in [0.3, 0.4) is 0 Å². The van der Waals surface area contributed by atoms with Gasteiger partial charge in [0.15, 0.2) is 0 Å². The number of rotatable bonds is 1. The summed E-state index contributed by atoms with van der Waals surface area (Å²) >= 11 is 6.41. The van der Waals surface area contributed by atoms with Gasteiger partial charge in [-0.05, 0) is 98.7 Å². The number of carbonyl (C=O) groups excluding carboxylic acids is 2. The largest absolute Gasteiger partial charge is 0.490 e. The van der Waals surface area contributed by atoms with Crippen LogP contribution in [0.25, 0.3) is 4.85 Å². The average Bonchev–Trinajstić information content (AvgIpc) is 3.14. The van der Waals surface area contributed by atoms with E-state index in [0.29, 0.717) is 42.6 Å². The van der Waals surface area contributed by atoms with Crippen molar-refractivity contribution >= 4 is 39.1 Å². The Balaban J connectivity index is 1.47. The van der Waals surface area contributed by atoms with Gasteiger partial charge in [0, 0.05) is 42.1 Å². The third-order valence-electron chi connectivity index (χ3n) is 10.7. The zero-order valence-electron chi connectivity index (χ0n) is 26.5. The Morgan fingerprint density at radius 2 is 2.00 bits per heavy atom. The zero-order valence-corrected chi connectivity index (χ0v) is 28.1. The van der Waals surface area contributed by atoms with E-state index in [2.05, 4.69) is 25.9 Å². The highest BCUT2D eigenvalue weighted by molar-refractivity contribution is 7.90. The fourth-order valence-electron chi connectivity index (χ4n) is 7.83. The number of hydrogen-bond donors (Lipinski definition) is 2. The summed E-state index contributed by atoms with van der Waals surface area (Å²) in [7, 11) is -4.02. The molecular formula is C35H41ClN4O5S. The number of allylic oxidation sites excluding steroid dienone is 1. The molecule has 2 aliphatic carbocycles. The first-order valence-electron chi connectivity index (χ1n) is 16.1. The van der Waals surface area contributed by atoms with Crippen molar-refractivity contribution in [2.45, 2.75) is 75.6 Å². The van der Waals surface area contributed by atoms with E-state index in [-0.39, 0.29) is 34.6 Å². The van der Waals surface area contributed by atoms with Crippen molar-refractivity contribution in [1.29, 1.82) is 0 Å². The number of amides is 2. The van der Waals surface area contributed by atoms with Crippen LogP contribution in [0.4, 0.5) is 5.69 Å². The Labute approximate surface area is 276 Å². The molecule has 0 radical (unpaired) electrons. The Kier molecular flexibility index (Phi) is 8.62. The van der Waals surface area contributed by atoms with Gasteiger partial charge in [-0.25, -0.2) is 19.7 Å². The lowest BCUT2D eigenvalue weighted by molar-refractivity contribution is -0.121. The normalized spacial score (nSPS) is 32.7. The first-order valence-corrected chi connectivity index (χ1v) is 18.0. The lowest BCUT2D eigenvalue weighted by atomic mass is 9.65. The smallest absolute Gasteiger partial charge is 0.329 e. The number of halogens is 1. The van der Waals surface area contributed by atoms with Crippen LogP contribution in [0.5, 0.6) is 5.75 Å². The molecule has 4 aliphatic rings. The van der Waals surface area contributed by atoms with Crippen molar-refractivity contribution in [1.82, 2.24) is 10.0 Å². The fourth-order valence-corrected chi connectivity index (χ4v) is 9.31. The number of ether oxygens (including phenoxy) is 1. The lowest BCUT2D eigenvalue weighted by Gasteiger charge is -2.46. The third-order valence-corrected chi connectivity index (χ3v) is 12.9. The van der Waals surface area contributed by atoms with E-state index in [9.17, 15) is 18.0 Å². The summed E-state index contributed by atoms with van der Waals surface area (Å²) < 4.78 is 35.5. The Morgan fingerprint density at radius 1 is 1.20 bits per heavy atom. The molecule has 2 N–H and O–H groups in total. The van der Waals surface area contributed by atoms with E-state index >= 15 is 0 Å². The zero-order chi connectivity index (χ0) is 32.9. The first-order chi connectivity index (χ1) is 21.9. The number of sulfonamides is 1. The molecule has 0 saturated heterocycles. The maximum Gasteiger partial charge on any atom is 0.329 e. The summed E-state index contributed by atoms with van der Waals surface area (Å²) in [6.45, 7) is 14.7. The number of nitrogens with one attached hydrogen (secondary N) is 2. The summed E-state index contributed by atoms with van der Waals surface area (Å²) in [4.78, 5) is 32.2. The minimum atomic E-state index is -4.02. The summed E-state index contributed by atoms with van der Waals surface area (Å²) in [5, 5.41) is 2.79. The summed E-state index contributed by atoms with van der Waals surface area (Å²) in [6.07, 6.45) is 8.40. The summed E-state index contributed by atoms with van der Waals surface area (Å²) in [5.41, 5.74) is 1.76. The molecule has 46 heavy (non-hydrogen) atoms. The number of hydrogen-bond acceptors (Lipinski definition) is 6. The average molecular weight is 665 g/mol. The second-order valence-corrected chi connectivity index (χ2v) is 16.1. The molecule has 6 atom stereocenters. The number of fused-ring (bicyclic) bond motifs is 4. The second-order valence-electron chi connectivity index (χ2n) is 13.6. The number of carbonyl (C=O) groups is 2. The number of nitrogens with zero attached hydrogens (tertiary/aromatic N) is 2. The molecule has 2 heterocycles. The van der Waals surface area contributed by atoms with Gasteiger partial charge in [0.2, 0.25) is 15.9 Å². The van der Waals surface area contributed by atoms with Crippen LogP contribution in [0.1, 0.15) is 74.4 Å². The predicted octanol–water partition coefficient (Wildman–Crippen LogP) is 5.64. The molecule has 6 rings (SSSR count). The highest BCUT2D eigenvalue weighted by atomic mass is 35.5. The Bertz CT molecular complexity index is 1740. The molecule has 0 aromatic heterocycles. The predicted molar refractivity (Wildman–Crippen MR) is 178 cm³/mol. The standard InChI is InChI=1S/C35H41ClN4O5S/c1-22-7-5-16-35(37-4,38-24(3)41)30-12-9-27(30)19-40-20-34(15-6-8-25-17-28(36)11-13-29(25)34)21-45-32-14-10-26(18-31(32)40)33(42)39-46(43,44)23(22)2/h5,10-11,13-14,16-18,22-23,27,30H,6-9,12,15,19-21H2,1-3H3,(H,38,41)(H,39,42)/b16-5+/t22-,23+,27-,30+,34-,35-/m0/s1. The van der Waals surface area contributed by atoms with E-state index in [1.54, 1.807) is 38.1 Å². The molecule has 2 aliphatic heterocycles. The van der Waals surface area contributed by atoms with Crippen LogP contribution in [0.2, 0.25) is 5.02 Å². The van der Waals surface area contributed by atoms with Gasteiger partial charge < -0.3 is 9.64 Å². The van der Waals surface area contributed by atoms with Crippen molar-refractivity contribution in [3.63, 3.8) is 0 Å². The monoisotopic (exact) mass is 664 g/mol. The van der Waals surface area contributed by atoms with Gasteiger partial charge in [0.05, 0.1) is 23.5 Å². The minimum absolute atomic E-state index is 0.0731. The lowest BCUT2D eigenvalue weighted by Crippen LogP contribution is -2.57. The number of benzene rings is 2. The van der Waals surface area contributed by atoms with E-state index < -0.39 is 26.8 Å². The molecule has 244 valence electrons.